The van der Waals surface area contributed by atoms with E-state index < -0.39 is 0 Å². The molecule has 0 aromatic heterocycles. The van der Waals surface area contributed by atoms with Crippen molar-refractivity contribution in [3.8, 4) is 0 Å². The van der Waals surface area contributed by atoms with Crippen LogP contribution in [0.4, 0.5) is 0 Å². The van der Waals surface area contributed by atoms with Gasteiger partial charge in [0.25, 0.3) is 0 Å². The molecule has 21 heavy (non-hydrogen) atoms. The summed E-state index contributed by atoms with van der Waals surface area (Å²) in [5.74, 6) is 0.436. The van der Waals surface area contributed by atoms with E-state index in [1.54, 1.807) is 0 Å². The van der Waals surface area contributed by atoms with Crippen molar-refractivity contribution in [1.82, 2.24) is 10.2 Å². The van der Waals surface area contributed by atoms with E-state index in [0.717, 1.165) is 36.6 Å². The Morgan fingerprint density at radius 3 is 3.00 bits per heavy atom. The molecule has 4 nitrogen and oxygen atoms in total. The molecular weight excluding hydrogens is 332 g/mol. The number of halogens is 1. The van der Waals surface area contributed by atoms with Gasteiger partial charge < -0.3 is 10.1 Å². The molecule has 1 fully saturated rings. The van der Waals surface area contributed by atoms with Crippen LogP contribution >= 0.6 is 15.9 Å². The first-order valence-corrected chi connectivity index (χ1v) is 8.17. The summed E-state index contributed by atoms with van der Waals surface area (Å²) < 4.78 is 5.72. The lowest BCUT2D eigenvalue weighted by atomic mass is 9.97. The Labute approximate surface area is 135 Å². The molecule has 1 aromatic carbocycles. The van der Waals surface area contributed by atoms with Crippen LogP contribution in [0.1, 0.15) is 28.8 Å². The predicted molar refractivity (Wildman–Crippen MR) is 87.4 cm³/mol. The molecule has 116 valence electrons. The first kappa shape index (κ1) is 16.5. The number of nitrogens with one attached hydrogen (secondary N) is 1. The SMILES string of the molecule is CNCC1CCCN(Cc2ccc(C(=O)OC)cc2Br)C1. The molecule has 1 aromatic rings. The van der Waals surface area contributed by atoms with Crippen LogP contribution in [0.25, 0.3) is 0 Å². The number of esters is 1. The first-order valence-electron chi connectivity index (χ1n) is 7.37. The van der Waals surface area contributed by atoms with Crippen molar-refractivity contribution in [2.45, 2.75) is 19.4 Å². The van der Waals surface area contributed by atoms with Crippen LogP contribution in [0.15, 0.2) is 22.7 Å². The van der Waals surface area contributed by atoms with Crippen LogP contribution in [0.2, 0.25) is 0 Å². The molecule has 1 atom stereocenters. The average molecular weight is 355 g/mol. The lowest BCUT2D eigenvalue weighted by molar-refractivity contribution is 0.0600. The molecule has 0 bridgehead atoms. The smallest absolute Gasteiger partial charge is 0.337 e. The maximum Gasteiger partial charge on any atom is 0.337 e. The molecule has 0 amide bonds. The summed E-state index contributed by atoms with van der Waals surface area (Å²) in [4.78, 5) is 14.0. The Morgan fingerprint density at radius 1 is 1.52 bits per heavy atom. The third-order valence-corrected chi connectivity index (χ3v) is 4.70. The maximum atomic E-state index is 11.5. The van der Waals surface area contributed by atoms with E-state index in [1.807, 2.05) is 25.2 Å². The molecule has 0 aliphatic carbocycles. The zero-order chi connectivity index (χ0) is 15.2. The highest BCUT2D eigenvalue weighted by atomic mass is 79.9. The Bertz CT molecular complexity index is 491. The van der Waals surface area contributed by atoms with Crippen molar-refractivity contribution >= 4 is 21.9 Å². The minimum Gasteiger partial charge on any atom is -0.465 e. The van der Waals surface area contributed by atoms with Gasteiger partial charge in [-0.05, 0) is 56.6 Å². The molecule has 1 heterocycles. The standard InChI is InChI=1S/C16H23BrN2O2/c1-18-9-12-4-3-7-19(10-12)11-14-6-5-13(8-15(14)17)16(20)21-2/h5-6,8,12,18H,3-4,7,9-11H2,1-2H3. The molecule has 1 aliphatic heterocycles. The second-order valence-corrected chi connectivity index (χ2v) is 6.45. The van der Waals surface area contributed by atoms with E-state index in [-0.39, 0.29) is 5.97 Å². The summed E-state index contributed by atoms with van der Waals surface area (Å²) >= 11 is 3.57. The Morgan fingerprint density at radius 2 is 2.33 bits per heavy atom. The molecule has 1 unspecified atom stereocenters. The lowest BCUT2D eigenvalue weighted by Gasteiger charge is -2.32. The third-order valence-electron chi connectivity index (χ3n) is 3.96. The summed E-state index contributed by atoms with van der Waals surface area (Å²) in [6.45, 7) is 4.28. The van der Waals surface area contributed by atoms with Crippen molar-refractivity contribution in [3.05, 3.63) is 33.8 Å². The Kier molecular flexibility index (Phi) is 6.21. The number of nitrogens with zero attached hydrogens (tertiary/aromatic N) is 1. The summed E-state index contributed by atoms with van der Waals surface area (Å²) in [6, 6.07) is 5.69. The number of likely N-dealkylation sites (tertiary alicyclic amines) is 1. The van der Waals surface area contributed by atoms with Crippen LogP contribution in [-0.2, 0) is 11.3 Å². The van der Waals surface area contributed by atoms with Crippen molar-refractivity contribution in [3.63, 3.8) is 0 Å². The van der Waals surface area contributed by atoms with Gasteiger partial charge in [0.05, 0.1) is 12.7 Å². The topological polar surface area (TPSA) is 41.6 Å². The fraction of sp³-hybridized carbons (Fsp3) is 0.562. The number of carbonyl (C=O) groups is 1. The number of methoxy groups -OCH3 is 1. The van der Waals surface area contributed by atoms with Gasteiger partial charge in [-0.2, -0.15) is 0 Å². The zero-order valence-corrected chi connectivity index (χ0v) is 14.3. The van der Waals surface area contributed by atoms with E-state index >= 15 is 0 Å². The number of hydrogen-bond acceptors (Lipinski definition) is 4. The minimum absolute atomic E-state index is 0.297. The zero-order valence-electron chi connectivity index (χ0n) is 12.7. The fourth-order valence-electron chi connectivity index (χ4n) is 2.91. The van der Waals surface area contributed by atoms with Gasteiger partial charge in [-0.15, -0.1) is 0 Å². The quantitative estimate of drug-likeness (QED) is 0.825. The molecule has 0 spiro atoms. The normalized spacial score (nSPS) is 19.5. The second kappa shape index (κ2) is 7.92. The number of carbonyl (C=O) groups excluding carboxylic acids is 1. The van der Waals surface area contributed by atoms with Crippen molar-refractivity contribution in [2.75, 3.05) is 33.8 Å². The van der Waals surface area contributed by atoms with Crippen molar-refractivity contribution in [1.29, 1.82) is 0 Å². The Balaban J connectivity index is 2.00. The number of rotatable bonds is 5. The van der Waals surface area contributed by atoms with E-state index in [9.17, 15) is 4.79 Å². The molecule has 5 heteroatoms. The maximum absolute atomic E-state index is 11.5. The molecule has 1 saturated heterocycles. The van der Waals surface area contributed by atoms with Gasteiger partial charge >= 0.3 is 5.97 Å². The minimum atomic E-state index is -0.297. The summed E-state index contributed by atoms with van der Waals surface area (Å²) in [5.41, 5.74) is 1.80. The number of benzene rings is 1. The van der Waals surface area contributed by atoms with Gasteiger partial charge in [0.15, 0.2) is 0 Å². The largest absolute Gasteiger partial charge is 0.465 e. The van der Waals surface area contributed by atoms with E-state index in [0.29, 0.717) is 5.56 Å². The van der Waals surface area contributed by atoms with Crippen molar-refractivity contribution in [2.24, 2.45) is 5.92 Å². The van der Waals surface area contributed by atoms with E-state index in [2.05, 4.69) is 26.1 Å². The van der Waals surface area contributed by atoms with Gasteiger partial charge in [0, 0.05) is 17.6 Å². The Hall–Kier alpha value is -0.910. The molecule has 1 N–H and O–H groups in total. The number of ether oxygens (including phenoxy) is 1. The average Bonchev–Trinajstić information content (AvgIpc) is 2.49. The number of hydrogen-bond donors (Lipinski definition) is 1. The van der Waals surface area contributed by atoms with Gasteiger partial charge in [0.1, 0.15) is 0 Å². The van der Waals surface area contributed by atoms with Gasteiger partial charge in [-0.3, -0.25) is 4.90 Å². The van der Waals surface area contributed by atoms with Gasteiger partial charge in [0.2, 0.25) is 0 Å². The summed E-state index contributed by atoms with van der Waals surface area (Å²) in [6.07, 6.45) is 2.56. The highest BCUT2D eigenvalue weighted by molar-refractivity contribution is 9.10. The van der Waals surface area contributed by atoms with Crippen LogP contribution in [0.3, 0.4) is 0 Å². The molecule has 0 saturated carbocycles. The second-order valence-electron chi connectivity index (χ2n) is 5.60. The monoisotopic (exact) mass is 354 g/mol. The molecular formula is C16H23BrN2O2. The summed E-state index contributed by atoms with van der Waals surface area (Å²) in [7, 11) is 3.42. The fourth-order valence-corrected chi connectivity index (χ4v) is 3.42. The molecule has 1 aliphatic rings. The predicted octanol–water partition coefficient (Wildman–Crippen LogP) is 2.67. The highest BCUT2D eigenvalue weighted by Crippen LogP contribution is 2.23. The first-order chi connectivity index (χ1) is 10.1. The van der Waals surface area contributed by atoms with Crippen LogP contribution < -0.4 is 5.32 Å². The summed E-state index contributed by atoms with van der Waals surface area (Å²) in [5, 5.41) is 3.27. The highest BCUT2D eigenvalue weighted by Gasteiger charge is 2.20. The van der Waals surface area contributed by atoms with Crippen LogP contribution in [0, 0.1) is 5.92 Å². The van der Waals surface area contributed by atoms with Crippen LogP contribution in [-0.4, -0.2) is 44.7 Å². The van der Waals surface area contributed by atoms with E-state index in [4.69, 9.17) is 4.74 Å². The van der Waals surface area contributed by atoms with Crippen molar-refractivity contribution < 1.29 is 9.53 Å². The lowest BCUT2D eigenvalue weighted by Crippen LogP contribution is -2.38. The number of piperidine rings is 1. The van der Waals surface area contributed by atoms with E-state index in [1.165, 1.54) is 25.5 Å². The molecule has 2 rings (SSSR count). The van der Waals surface area contributed by atoms with Gasteiger partial charge in [-0.25, -0.2) is 4.79 Å². The molecule has 0 radical (unpaired) electrons. The van der Waals surface area contributed by atoms with Gasteiger partial charge in [-0.1, -0.05) is 22.0 Å². The van der Waals surface area contributed by atoms with Crippen LogP contribution in [0.5, 0.6) is 0 Å². The third kappa shape index (κ3) is 4.53.